The van der Waals surface area contributed by atoms with Gasteiger partial charge in [-0.05, 0) is 13.3 Å². The molecule has 0 aromatic heterocycles. The molecule has 0 saturated carbocycles. The van der Waals surface area contributed by atoms with Crippen LogP contribution in [-0.4, -0.2) is 42.8 Å². The predicted molar refractivity (Wildman–Crippen MR) is 55.4 cm³/mol. The number of ether oxygens (including phenoxy) is 1. The van der Waals surface area contributed by atoms with Crippen molar-refractivity contribution in [3.05, 3.63) is 0 Å². The summed E-state index contributed by atoms with van der Waals surface area (Å²) in [4.78, 5) is 11.2. The summed E-state index contributed by atoms with van der Waals surface area (Å²) in [5.41, 5.74) is -0.931. The van der Waals surface area contributed by atoms with Crippen molar-refractivity contribution < 1.29 is 23.4 Å². The fourth-order valence-electron chi connectivity index (χ4n) is 0.840. The van der Waals surface area contributed by atoms with Crippen LogP contribution in [-0.2, 0) is 9.53 Å². The Labute approximate surface area is 94.0 Å². The van der Waals surface area contributed by atoms with Crippen LogP contribution in [0.15, 0.2) is 0 Å². The second-order valence-electron chi connectivity index (χ2n) is 3.84. The Hall–Kier alpha value is -0.750. The van der Waals surface area contributed by atoms with E-state index in [1.54, 1.807) is 13.8 Å². The van der Waals surface area contributed by atoms with Crippen LogP contribution in [0.5, 0.6) is 0 Å². The summed E-state index contributed by atoms with van der Waals surface area (Å²) in [6.07, 6.45) is -1.97. The fourth-order valence-corrected chi connectivity index (χ4v) is 0.840. The molecule has 1 atom stereocenters. The van der Waals surface area contributed by atoms with Crippen molar-refractivity contribution in [3.63, 3.8) is 0 Å². The van der Waals surface area contributed by atoms with Crippen molar-refractivity contribution in [3.8, 4) is 0 Å². The van der Waals surface area contributed by atoms with Crippen LogP contribution < -0.4 is 5.32 Å². The Morgan fingerprint density at radius 1 is 1.56 bits per heavy atom. The van der Waals surface area contributed by atoms with Gasteiger partial charge in [0.2, 0.25) is 5.91 Å². The number of hydrogen-bond acceptors (Lipinski definition) is 3. The lowest BCUT2D eigenvalue weighted by molar-refractivity contribution is -0.123. The van der Waals surface area contributed by atoms with Gasteiger partial charge in [0.25, 0.3) is 6.43 Å². The highest BCUT2D eigenvalue weighted by Gasteiger charge is 2.18. The topological polar surface area (TPSA) is 58.6 Å². The predicted octanol–water partition coefficient (Wildman–Crippen LogP) is 0.935. The largest absolute Gasteiger partial charge is 0.388 e. The van der Waals surface area contributed by atoms with E-state index in [1.807, 2.05) is 0 Å². The SMILES string of the molecule is CCC(C)(O)CNC(=O)CCOCC(F)F. The summed E-state index contributed by atoms with van der Waals surface area (Å²) in [5, 5.41) is 12.1. The van der Waals surface area contributed by atoms with Crippen molar-refractivity contribution in [1.29, 1.82) is 0 Å². The Bertz CT molecular complexity index is 210. The molecule has 0 fully saturated rings. The van der Waals surface area contributed by atoms with Gasteiger partial charge >= 0.3 is 0 Å². The van der Waals surface area contributed by atoms with E-state index in [4.69, 9.17) is 0 Å². The summed E-state index contributed by atoms with van der Waals surface area (Å²) < 4.78 is 27.9. The zero-order chi connectivity index (χ0) is 12.6. The zero-order valence-electron chi connectivity index (χ0n) is 9.63. The standard InChI is InChI=1S/C10H19F2NO3/c1-3-10(2,15)7-13-9(14)4-5-16-6-8(11)12/h8,15H,3-7H2,1-2H3,(H,13,14). The monoisotopic (exact) mass is 239 g/mol. The lowest BCUT2D eigenvalue weighted by Gasteiger charge is -2.21. The number of hydrogen-bond donors (Lipinski definition) is 2. The first-order chi connectivity index (χ1) is 7.37. The third kappa shape index (κ3) is 8.55. The van der Waals surface area contributed by atoms with Crippen LogP contribution in [0.4, 0.5) is 8.78 Å². The number of halogens is 2. The van der Waals surface area contributed by atoms with E-state index in [2.05, 4.69) is 10.1 Å². The molecule has 0 aliphatic heterocycles. The highest BCUT2D eigenvalue weighted by Crippen LogP contribution is 2.05. The Kier molecular flexibility index (Phi) is 7.16. The maximum absolute atomic E-state index is 11.7. The van der Waals surface area contributed by atoms with Gasteiger partial charge in [-0.15, -0.1) is 0 Å². The minimum atomic E-state index is -2.51. The van der Waals surface area contributed by atoms with Crippen LogP contribution in [0, 0.1) is 0 Å². The van der Waals surface area contributed by atoms with Gasteiger partial charge in [0.15, 0.2) is 0 Å². The van der Waals surface area contributed by atoms with Gasteiger partial charge in [0, 0.05) is 13.0 Å². The minimum absolute atomic E-state index is 0.0204. The summed E-state index contributed by atoms with van der Waals surface area (Å²) in [7, 11) is 0. The molecule has 96 valence electrons. The lowest BCUT2D eigenvalue weighted by Crippen LogP contribution is -2.40. The molecule has 1 unspecified atom stereocenters. The fraction of sp³-hybridized carbons (Fsp3) is 0.900. The maximum atomic E-state index is 11.7. The van der Waals surface area contributed by atoms with Crippen LogP contribution in [0.3, 0.4) is 0 Å². The van der Waals surface area contributed by atoms with Gasteiger partial charge in [0.05, 0.1) is 12.2 Å². The van der Waals surface area contributed by atoms with E-state index >= 15 is 0 Å². The Morgan fingerprint density at radius 2 is 2.19 bits per heavy atom. The summed E-state index contributed by atoms with van der Waals surface area (Å²) in [6, 6.07) is 0. The van der Waals surface area contributed by atoms with E-state index < -0.39 is 18.6 Å². The van der Waals surface area contributed by atoms with Gasteiger partial charge in [-0.25, -0.2) is 8.78 Å². The number of aliphatic hydroxyl groups is 1. The third-order valence-corrected chi connectivity index (χ3v) is 2.15. The first-order valence-electron chi connectivity index (χ1n) is 5.22. The number of alkyl halides is 2. The van der Waals surface area contributed by atoms with Gasteiger partial charge in [-0.2, -0.15) is 0 Å². The van der Waals surface area contributed by atoms with Crippen LogP contribution >= 0.6 is 0 Å². The quantitative estimate of drug-likeness (QED) is 0.620. The molecule has 4 nitrogen and oxygen atoms in total. The molecule has 2 N–H and O–H groups in total. The van der Waals surface area contributed by atoms with E-state index in [1.165, 1.54) is 0 Å². The highest BCUT2D eigenvalue weighted by molar-refractivity contribution is 5.76. The molecule has 0 saturated heterocycles. The molecule has 0 rings (SSSR count). The van der Waals surface area contributed by atoms with E-state index in [9.17, 15) is 18.7 Å². The van der Waals surface area contributed by atoms with E-state index in [0.29, 0.717) is 6.42 Å². The average Bonchev–Trinajstić information content (AvgIpc) is 2.21. The molecule has 0 aliphatic carbocycles. The number of amides is 1. The van der Waals surface area contributed by atoms with Crippen molar-refractivity contribution in [1.82, 2.24) is 5.32 Å². The Morgan fingerprint density at radius 3 is 2.69 bits per heavy atom. The summed E-state index contributed by atoms with van der Waals surface area (Å²) >= 11 is 0. The van der Waals surface area contributed by atoms with Gasteiger partial charge < -0.3 is 15.2 Å². The maximum Gasteiger partial charge on any atom is 0.261 e. The first-order valence-corrected chi connectivity index (χ1v) is 5.22. The highest BCUT2D eigenvalue weighted by atomic mass is 19.3. The number of carbonyl (C=O) groups is 1. The molecule has 16 heavy (non-hydrogen) atoms. The molecule has 0 aliphatic rings. The van der Waals surface area contributed by atoms with Crippen LogP contribution in [0.1, 0.15) is 26.7 Å². The second-order valence-corrected chi connectivity index (χ2v) is 3.84. The number of carbonyl (C=O) groups excluding carboxylic acids is 1. The number of nitrogens with one attached hydrogen (secondary N) is 1. The van der Waals surface area contributed by atoms with Crippen molar-refractivity contribution >= 4 is 5.91 Å². The first kappa shape index (κ1) is 15.2. The molecule has 0 radical (unpaired) electrons. The van der Waals surface area contributed by atoms with Crippen LogP contribution in [0.2, 0.25) is 0 Å². The summed E-state index contributed by atoms with van der Waals surface area (Å²) in [5.74, 6) is -0.317. The van der Waals surface area contributed by atoms with Crippen molar-refractivity contribution in [2.24, 2.45) is 0 Å². The average molecular weight is 239 g/mol. The molecule has 0 aromatic rings. The van der Waals surface area contributed by atoms with Gasteiger partial charge in [0.1, 0.15) is 6.61 Å². The zero-order valence-corrected chi connectivity index (χ0v) is 9.63. The molecule has 6 heteroatoms. The molecule has 1 amide bonds. The molecule has 0 spiro atoms. The van der Waals surface area contributed by atoms with E-state index in [-0.39, 0.29) is 25.5 Å². The summed E-state index contributed by atoms with van der Waals surface area (Å²) in [6.45, 7) is 2.88. The Balaban J connectivity index is 3.52. The smallest absolute Gasteiger partial charge is 0.261 e. The second kappa shape index (κ2) is 7.51. The molecule has 0 heterocycles. The molecule has 0 aromatic carbocycles. The molecular weight excluding hydrogens is 220 g/mol. The van der Waals surface area contributed by atoms with Crippen molar-refractivity contribution in [2.75, 3.05) is 19.8 Å². The van der Waals surface area contributed by atoms with Gasteiger partial charge in [-0.1, -0.05) is 6.92 Å². The van der Waals surface area contributed by atoms with Crippen LogP contribution in [0.25, 0.3) is 0 Å². The lowest BCUT2D eigenvalue weighted by atomic mass is 10.0. The third-order valence-electron chi connectivity index (χ3n) is 2.15. The van der Waals surface area contributed by atoms with Crippen molar-refractivity contribution in [2.45, 2.75) is 38.7 Å². The van der Waals surface area contributed by atoms with E-state index in [0.717, 1.165) is 0 Å². The minimum Gasteiger partial charge on any atom is -0.388 e. The number of rotatable bonds is 8. The molecular formula is C10H19F2NO3. The normalized spacial score (nSPS) is 14.9. The van der Waals surface area contributed by atoms with Gasteiger partial charge in [-0.3, -0.25) is 4.79 Å². The molecule has 0 bridgehead atoms.